The molecule has 0 aromatic heterocycles. The molecule has 108 valence electrons. The summed E-state index contributed by atoms with van der Waals surface area (Å²) in [4.78, 5) is 0. The molecule has 0 radical (unpaired) electrons. The van der Waals surface area contributed by atoms with E-state index in [2.05, 4.69) is 37.8 Å². The van der Waals surface area contributed by atoms with Crippen LogP contribution < -0.4 is 0 Å². The number of allylic oxidation sites excluding steroid dienone is 1. The summed E-state index contributed by atoms with van der Waals surface area (Å²) in [7, 11) is 0. The Labute approximate surface area is 124 Å². The van der Waals surface area contributed by atoms with Crippen molar-refractivity contribution in [2.24, 2.45) is 5.92 Å². The second-order valence-corrected chi connectivity index (χ2v) is 5.23. The quantitative estimate of drug-likeness (QED) is 0.654. The normalized spacial score (nSPS) is 21.3. The Bertz CT molecular complexity index is 459. The lowest BCUT2D eigenvalue weighted by Crippen LogP contribution is -2.11. The Morgan fingerprint density at radius 1 is 1.25 bits per heavy atom. The zero-order valence-electron chi connectivity index (χ0n) is 13.2. The van der Waals surface area contributed by atoms with Gasteiger partial charge in [0.25, 0.3) is 0 Å². The van der Waals surface area contributed by atoms with Crippen molar-refractivity contribution in [3.63, 3.8) is 0 Å². The number of aryl methyl sites for hydroxylation is 1. The molecule has 0 N–H and O–H groups in total. The van der Waals surface area contributed by atoms with Crippen LogP contribution in [0.2, 0.25) is 0 Å². The third-order valence-corrected chi connectivity index (χ3v) is 4.21. The molecule has 0 heterocycles. The molecule has 0 bridgehead atoms. The summed E-state index contributed by atoms with van der Waals surface area (Å²) in [5.41, 5.74) is 3.45. The number of rotatable bonds is 3. The molecule has 1 fully saturated rings. The van der Waals surface area contributed by atoms with Crippen molar-refractivity contribution in [1.29, 1.82) is 5.26 Å². The van der Waals surface area contributed by atoms with E-state index in [0.29, 0.717) is 11.8 Å². The smallest absolute Gasteiger partial charge is 0.0994 e. The third-order valence-electron chi connectivity index (χ3n) is 4.21. The van der Waals surface area contributed by atoms with Gasteiger partial charge >= 0.3 is 0 Å². The lowest BCUT2D eigenvalue weighted by atomic mass is 9.78. The SMILES string of the molecule is C=CC1CCC(c2ccc(C#N)c(CC)c2)CC1.CC. The molecule has 0 atom stereocenters. The summed E-state index contributed by atoms with van der Waals surface area (Å²) < 4.78 is 0. The van der Waals surface area contributed by atoms with E-state index in [0.717, 1.165) is 12.0 Å². The van der Waals surface area contributed by atoms with Crippen molar-refractivity contribution >= 4 is 0 Å². The first-order valence-electron chi connectivity index (χ1n) is 7.94. The molecular formula is C19H27N. The van der Waals surface area contributed by atoms with Crippen molar-refractivity contribution < 1.29 is 0 Å². The van der Waals surface area contributed by atoms with E-state index in [1.807, 2.05) is 19.9 Å². The largest absolute Gasteiger partial charge is 0.192 e. The second-order valence-electron chi connectivity index (χ2n) is 5.23. The molecule has 2 rings (SSSR count). The first kappa shape index (κ1) is 16.5. The first-order valence-corrected chi connectivity index (χ1v) is 7.94. The van der Waals surface area contributed by atoms with Crippen LogP contribution in [0.1, 0.15) is 69.1 Å². The van der Waals surface area contributed by atoms with Crippen LogP contribution in [0.15, 0.2) is 30.9 Å². The van der Waals surface area contributed by atoms with Gasteiger partial charge in [-0.2, -0.15) is 5.26 Å². The molecule has 0 saturated heterocycles. The molecule has 0 amide bonds. The highest BCUT2D eigenvalue weighted by Gasteiger charge is 2.21. The molecule has 1 heteroatoms. The molecular weight excluding hydrogens is 242 g/mol. The Hall–Kier alpha value is -1.55. The van der Waals surface area contributed by atoms with Crippen molar-refractivity contribution in [1.82, 2.24) is 0 Å². The summed E-state index contributed by atoms with van der Waals surface area (Å²) in [5.74, 6) is 1.39. The van der Waals surface area contributed by atoms with Crippen molar-refractivity contribution in [2.75, 3.05) is 0 Å². The Kier molecular flexibility index (Phi) is 7.09. The zero-order chi connectivity index (χ0) is 15.0. The van der Waals surface area contributed by atoms with Crippen LogP contribution in [-0.4, -0.2) is 0 Å². The Morgan fingerprint density at radius 2 is 1.90 bits per heavy atom. The number of nitriles is 1. The minimum absolute atomic E-state index is 0.680. The fraction of sp³-hybridized carbons (Fsp3) is 0.526. The first-order chi connectivity index (χ1) is 9.78. The Balaban J connectivity index is 0.000000956. The maximum absolute atomic E-state index is 9.06. The number of hydrogen-bond donors (Lipinski definition) is 0. The van der Waals surface area contributed by atoms with Gasteiger partial charge in [-0.1, -0.05) is 39.0 Å². The fourth-order valence-corrected chi connectivity index (χ4v) is 2.96. The molecule has 1 aliphatic rings. The average molecular weight is 269 g/mol. The molecule has 0 aliphatic heterocycles. The highest BCUT2D eigenvalue weighted by atomic mass is 14.3. The van der Waals surface area contributed by atoms with Crippen molar-refractivity contribution in [2.45, 2.75) is 58.8 Å². The van der Waals surface area contributed by atoms with Gasteiger partial charge in [-0.15, -0.1) is 6.58 Å². The fourth-order valence-electron chi connectivity index (χ4n) is 2.96. The van der Waals surface area contributed by atoms with Gasteiger partial charge in [0.2, 0.25) is 0 Å². The zero-order valence-corrected chi connectivity index (χ0v) is 13.2. The number of hydrogen-bond acceptors (Lipinski definition) is 1. The van der Waals surface area contributed by atoms with E-state index in [-0.39, 0.29) is 0 Å². The third kappa shape index (κ3) is 3.97. The van der Waals surface area contributed by atoms with Gasteiger partial charge in [0.1, 0.15) is 0 Å². The maximum atomic E-state index is 9.06. The van der Waals surface area contributed by atoms with Crippen LogP contribution in [0.3, 0.4) is 0 Å². The second kappa shape index (κ2) is 8.59. The minimum atomic E-state index is 0.680. The van der Waals surface area contributed by atoms with Crippen LogP contribution in [0.25, 0.3) is 0 Å². The number of benzene rings is 1. The molecule has 1 aromatic rings. The van der Waals surface area contributed by atoms with Crippen LogP contribution in [-0.2, 0) is 6.42 Å². The monoisotopic (exact) mass is 269 g/mol. The summed E-state index contributed by atoms with van der Waals surface area (Å²) in [5, 5.41) is 9.06. The van der Waals surface area contributed by atoms with E-state index in [4.69, 9.17) is 5.26 Å². The molecule has 1 aromatic carbocycles. The van der Waals surface area contributed by atoms with Gasteiger partial charge in [0.05, 0.1) is 11.6 Å². The van der Waals surface area contributed by atoms with Gasteiger partial charge in [-0.25, -0.2) is 0 Å². The van der Waals surface area contributed by atoms with Crippen LogP contribution in [0.4, 0.5) is 0 Å². The lowest BCUT2D eigenvalue weighted by molar-refractivity contribution is 0.376. The standard InChI is InChI=1S/C17H21N.C2H6/c1-3-13-5-7-15(8-6-13)16-9-10-17(12-18)14(4-2)11-16;1-2/h3,9-11,13,15H,1,4-8H2,2H3;1-2H3. The van der Waals surface area contributed by atoms with E-state index < -0.39 is 0 Å². The molecule has 1 aliphatic carbocycles. The molecule has 20 heavy (non-hydrogen) atoms. The predicted octanol–water partition coefficient (Wildman–Crippen LogP) is 5.61. The van der Waals surface area contributed by atoms with E-state index >= 15 is 0 Å². The maximum Gasteiger partial charge on any atom is 0.0994 e. The molecule has 0 unspecified atom stereocenters. The topological polar surface area (TPSA) is 23.8 Å². The summed E-state index contributed by atoms with van der Waals surface area (Å²) >= 11 is 0. The van der Waals surface area contributed by atoms with Gasteiger partial charge in [-0.3, -0.25) is 0 Å². The van der Waals surface area contributed by atoms with E-state index in [1.165, 1.54) is 36.8 Å². The summed E-state index contributed by atoms with van der Waals surface area (Å²) in [6, 6.07) is 8.67. The molecule has 1 nitrogen and oxygen atoms in total. The van der Waals surface area contributed by atoms with Crippen LogP contribution in [0.5, 0.6) is 0 Å². The van der Waals surface area contributed by atoms with Gasteiger partial charge < -0.3 is 0 Å². The van der Waals surface area contributed by atoms with Gasteiger partial charge in [-0.05, 0) is 61.1 Å². The highest BCUT2D eigenvalue weighted by Crippen LogP contribution is 2.36. The van der Waals surface area contributed by atoms with Crippen molar-refractivity contribution in [3.05, 3.63) is 47.5 Å². The van der Waals surface area contributed by atoms with Gasteiger partial charge in [0, 0.05) is 0 Å². The van der Waals surface area contributed by atoms with E-state index in [9.17, 15) is 0 Å². The minimum Gasteiger partial charge on any atom is -0.192 e. The summed E-state index contributed by atoms with van der Waals surface area (Å²) in [6.45, 7) is 10.0. The lowest BCUT2D eigenvalue weighted by Gasteiger charge is -2.27. The molecule has 1 saturated carbocycles. The highest BCUT2D eigenvalue weighted by molar-refractivity contribution is 5.41. The summed E-state index contributed by atoms with van der Waals surface area (Å²) in [6.07, 6.45) is 8.08. The van der Waals surface area contributed by atoms with E-state index in [1.54, 1.807) is 0 Å². The predicted molar refractivity (Wildman–Crippen MR) is 86.8 cm³/mol. The van der Waals surface area contributed by atoms with Gasteiger partial charge in [0.15, 0.2) is 0 Å². The van der Waals surface area contributed by atoms with Crippen molar-refractivity contribution in [3.8, 4) is 6.07 Å². The molecule has 0 spiro atoms. The van der Waals surface area contributed by atoms with Crippen LogP contribution in [0, 0.1) is 17.2 Å². The van der Waals surface area contributed by atoms with Crippen LogP contribution >= 0.6 is 0 Å². The number of nitrogens with zero attached hydrogens (tertiary/aromatic N) is 1. The Morgan fingerprint density at radius 3 is 2.40 bits per heavy atom. The average Bonchev–Trinajstić information content (AvgIpc) is 2.56.